The van der Waals surface area contributed by atoms with Gasteiger partial charge >= 0.3 is 0 Å². The molecule has 1 nitrogen and oxygen atoms in total. The van der Waals surface area contributed by atoms with Crippen molar-refractivity contribution < 1.29 is 4.39 Å². The molecule has 1 aromatic carbocycles. The third kappa shape index (κ3) is 2.50. The molecule has 0 spiro atoms. The monoisotopic (exact) mass is 261 g/mol. The molecule has 4 heteroatoms. The lowest BCUT2D eigenvalue weighted by Crippen LogP contribution is -2.52. The minimum atomic E-state index is -0.301. The van der Waals surface area contributed by atoms with Crippen LogP contribution < -0.4 is 5.32 Å². The summed E-state index contributed by atoms with van der Waals surface area (Å²) < 4.78 is 12.8. The van der Waals surface area contributed by atoms with Gasteiger partial charge in [-0.05, 0) is 37.0 Å². The molecule has 0 aromatic heterocycles. The molecule has 1 aromatic rings. The van der Waals surface area contributed by atoms with E-state index in [1.54, 1.807) is 6.07 Å². The highest BCUT2D eigenvalue weighted by Gasteiger charge is 2.35. The smallest absolute Gasteiger partial charge is 0.124 e. The van der Waals surface area contributed by atoms with Crippen LogP contribution in [0.25, 0.3) is 0 Å². The van der Waals surface area contributed by atoms with Crippen LogP contribution in [0.4, 0.5) is 4.39 Å². The Morgan fingerprint density at radius 3 is 2.62 bits per heavy atom. The van der Waals surface area contributed by atoms with Gasteiger partial charge in [0.05, 0.1) is 0 Å². The number of rotatable bonds is 4. The first-order valence-electron chi connectivity index (χ1n) is 5.40. The first-order chi connectivity index (χ1) is 7.65. The van der Waals surface area contributed by atoms with E-state index in [4.69, 9.17) is 23.2 Å². The predicted octanol–water partition coefficient (Wildman–Crippen LogP) is 3.73. The van der Waals surface area contributed by atoms with Gasteiger partial charge in [-0.1, -0.05) is 17.7 Å². The van der Waals surface area contributed by atoms with E-state index in [0.29, 0.717) is 17.4 Å². The number of nitrogens with one attached hydrogen (secondary N) is 1. The van der Waals surface area contributed by atoms with Crippen molar-refractivity contribution in [3.8, 4) is 0 Å². The Kier molecular flexibility index (Phi) is 3.73. The second-order valence-corrected chi connectivity index (χ2v) is 5.03. The Bertz CT molecular complexity index is 372. The van der Waals surface area contributed by atoms with Crippen LogP contribution >= 0.6 is 23.2 Å². The van der Waals surface area contributed by atoms with Crippen molar-refractivity contribution in [2.24, 2.45) is 0 Å². The van der Waals surface area contributed by atoms with Gasteiger partial charge in [-0.3, -0.25) is 0 Å². The van der Waals surface area contributed by atoms with Gasteiger partial charge < -0.3 is 5.32 Å². The summed E-state index contributed by atoms with van der Waals surface area (Å²) in [6.45, 7) is 0.645. The van der Waals surface area contributed by atoms with Crippen LogP contribution in [0, 0.1) is 5.82 Å². The number of hydrogen-bond donors (Lipinski definition) is 1. The van der Waals surface area contributed by atoms with Gasteiger partial charge in [0.2, 0.25) is 0 Å². The Morgan fingerprint density at radius 2 is 2.12 bits per heavy atom. The fourth-order valence-electron chi connectivity index (χ4n) is 1.91. The topological polar surface area (TPSA) is 12.0 Å². The van der Waals surface area contributed by atoms with Crippen molar-refractivity contribution in [3.63, 3.8) is 0 Å². The maximum atomic E-state index is 12.8. The summed E-state index contributed by atoms with van der Waals surface area (Å²) >= 11 is 11.9. The molecular weight excluding hydrogens is 248 g/mol. The van der Waals surface area contributed by atoms with Crippen LogP contribution in [-0.4, -0.2) is 11.4 Å². The quantitative estimate of drug-likeness (QED) is 0.815. The summed E-state index contributed by atoms with van der Waals surface area (Å²) in [5.74, 6) is 0.315. The molecule has 0 aliphatic heterocycles. The Labute approximate surface area is 105 Å². The highest BCUT2D eigenvalue weighted by atomic mass is 35.5. The van der Waals surface area contributed by atoms with Crippen molar-refractivity contribution in [2.45, 2.75) is 31.3 Å². The van der Waals surface area contributed by atoms with Crippen LogP contribution in [0.5, 0.6) is 0 Å². The molecule has 1 N–H and O–H groups in total. The molecule has 0 saturated heterocycles. The maximum absolute atomic E-state index is 12.8. The summed E-state index contributed by atoms with van der Waals surface area (Å²) in [6, 6.07) is 4.48. The second kappa shape index (κ2) is 4.91. The van der Waals surface area contributed by atoms with Crippen molar-refractivity contribution >= 4 is 23.2 Å². The average Bonchev–Trinajstić information content (AvgIpc) is 2.19. The van der Waals surface area contributed by atoms with E-state index in [1.165, 1.54) is 18.6 Å². The van der Waals surface area contributed by atoms with E-state index in [0.717, 1.165) is 18.4 Å². The normalized spacial score (nSPS) is 18.2. The van der Waals surface area contributed by atoms with Gasteiger partial charge in [-0.2, -0.15) is 0 Å². The number of benzene rings is 1. The lowest BCUT2D eigenvalue weighted by Gasteiger charge is -2.41. The summed E-state index contributed by atoms with van der Waals surface area (Å²) in [6.07, 6.45) is 3.43. The summed E-state index contributed by atoms with van der Waals surface area (Å²) in [5, 5.41) is 3.89. The molecule has 0 atom stereocenters. The van der Waals surface area contributed by atoms with E-state index in [9.17, 15) is 4.39 Å². The Morgan fingerprint density at radius 1 is 1.38 bits per heavy atom. The largest absolute Gasteiger partial charge is 0.306 e. The zero-order valence-corrected chi connectivity index (χ0v) is 10.4. The third-order valence-corrected chi connectivity index (χ3v) is 4.10. The van der Waals surface area contributed by atoms with Crippen LogP contribution in [0.2, 0.25) is 5.02 Å². The van der Waals surface area contributed by atoms with E-state index in [2.05, 4.69) is 5.32 Å². The van der Waals surface area contributed by atoms with Gasteiger partial charge in [0.15, 0.2) is 0 Å². The Hall–Kier alpha value is -0.310. The minimum absolute atomic E-state index is 0.0687. The molecule has 2 rings (SSSR count). The van der Waals surface area contributed by atoms with Gasteiger partial charge in [0.25, 0.3) is 0 Å². The highest BCUT2D eigenvalue weighted by Crippen LogP contribution is 2.33. The molecule has 1 fully saturated rings. The summed E-state index contributed by atoms with van der Waals surface area (Å²) in [7, 11) is 0. The SMILES string of the molecule is Fc1ccc(CNC2(CCl)CCC2)c(Cl)c1. The average molecular weight is 262 g/mol. The molecular formula is C12H14Cl2FN. The minimum Gasteiger partial charge on any atom is -0.306 e. The fraction of sp³-hybridized carbons (Fsp3) is 0.500. The number of halogens is 3. The van der Waals surface area contributed by atoms with Gasteiger partial charge in [-0.25, -0.2) is 4.39 Å². The fourth-order valence-corrected chi connectivity index (χ4v) is 2.50. The number of hydrogen-bond acceptors (Lipinski definition) is 1. The predicted molar refractivity (Wildman–Crippen MR) is 65.6 cm³/mol. The standard InChI is InChI=1S/C12H14Cl2FN/c13-8-12(4-1-5-12)16-7-9-2-3-10(15)6-11(9)14/h2-3,6,16H,1,4-5,7-8H2. The van der Waals surface area contributed by atoms with Crippen molar-refractivity contribution in [1.82, 2.24) is 5.32 Å². The van der Waals surface area contributed by atoms with Crippen molar-refractivity contribution in [1.29, 1.82) is 0 Å². The molecule has 0 heterocycles. The van der Waals surface area contributed by atoms with E-state index < -0.39 is 0 Å². The first kappa shape index (κ1) is 12.2. The molecule has 0 radical (unpaired) electrons. The van der Waals surface area contributed by atoms with Gasteiger partial charge in [-0.15, -0.1) is 11.6 Å². The van der Waals surface area contributed by atoms with Crippen LogP contribution in [0.3, 0.4) is 0 Å². The summed E-state index contributed by atoms with van der Waals surface area (Å²) in [4.78, 5) is 0. The van der Waals surface area contributed by atoms with E-state index >= 15 is 0 Å². The zero-order chi connectivity index (χ0) is 11.6. The second-order valence-electron chi connectivity index (χ2n) is 4.36. The number of alkyl halides is 1. The highest BCUT2D eigenvalue weighted by molar-refractivity contribution is 6.31. The molecule has 1 aliphatic carbocycles. The molecule has 0 bridgehead atoms. The zero-order valence-electron chi connectivity index (χ0n) is 8.90. The van der Waals surface area contributed by atoms with Crippen molar-refractivity contribution in [2.75, 3.05) is 5.88 Å². The Balaban J connectivity index is 1.99. The maximum Gasteiger partial charge on any atom is 0.124 e. The van der Waals surface area contributed by atoms with E-state index in [-0.39, 0.29) is 11.4 Å². The lowest BCUT2D eigenvalue weighted by atomic mass is 9.78. The molecule has 0 amide bonds. The lowest BCUT2D eigenvalue weighted by molar-refractivity contribution is 0.211. The summed E-state index contributed by atoms with van der Waals surface area (Å²) in [5.41, 5.74) is 0.985. The van der Waals surface area contributed by atoms with Gasteiger partial charge in [0, 0.05) is 23.0 Å². The van der Waals surface area contributed by atoms with Gasteiger partial charge in [0.1, 0.15) is 5.82 Å². The molecule has 0 unspecified atom stereocenters. The first-order valence-corrected chi connectivity index (χ1v) is 6.31. The van der Waals surface area contributed by atoms with E-state index in [1.807, 2.05) is 0 Å². The van der Waals surface area contributed by atoms with Crippen molar-refractivity contribution in [3.05, 3.63) is 34.6 Å². The molecule has 16 heavy (non-hydrogen) atoms. The molecule has 1 saturated carbocycles. The van der Waals surface area contributed by atoms with Crippen LogP contribution in [0.1, 0.15) is 24.8 Å². The van der Waals surface area contributed by atoms with Crippen LogP contribution in [-0.2, 0) is 6.54 Å². The molecule has 1 aliphatic rings. The van der Waals surface area contributed by atoms with Crippen LogP contribution in [0.15, 0.2) is 18.2 Å². The molecule has 88 valence electrons. The third-order valence-electron chi connectivity index (χ3n) is 3.24.